The van der Waals surface area contributed by atoms with Gasteiger partial charge < -0.3 is 5.11 Å². The van der Waals surface area contributed by atoms with E-state index in [0.29, 0.717) is 0 Å². The molecule has 1 unspecified atom stereocenters. The van der Waals surface area contributed by atoms with Crippen LogP contribution in [0.1, 0.15) is 23.6 Å². The Kier molecular flexibility index (Phi) is 2.67. The maximum Gasteiger partial charge on any atom is 0.134 e. The van der Waals surface area contributed by atoms with E-state index in [0.717, 1.165) is 15.6 Å². The van der Waals surface area contributed by atoms with Gasteiger partial charge in [0.2, 0.25) is 0 Å². The molecule has 0 aromatic carbocycles. The lowest BCUT2D eigenvalue weighted by Crippen LogP contribution is -1.92. The lowest BCUT2D eigenvalue weighted by molar-refractivity contribution is 0.194. The summed E-state index contributed by atoms with van der Waals surface area (Å²) >= 11 is 3.32. The molecule has 1 N–H and O–H groups in total. The molecule has 2 nitrogen and oxygen atoms in total. The largest absolute Gasteiger partial charge is 0.387 e. The standard InChI is InChI=1S/C10H11NOS2/c1-6(12)9-7(2)14-10(11-9)8-4-3-5-13-8/h3-6,12H,1-2H3. The van der Waals surface area contributed by atoms with E-state index < -0.39 is 6.10 Å². The van der Waals surface area contributed by atoms with Crippen LogP contribution in [-0.4, -0.2) is 10.1 Å². The van der Waals surface area contributed by atoms with Gasteiger partial charge in [0.1, 0.15) is 5.01 Å². The second kappa shape index (κ2) is 3.81. The van der Waals surface area contributed by atoms with Gasteiger partial charge in [-0.1, -0.05) is 6.07 Å². The molecule has 2 rings (SSSR count). The Balaban J connectivity index is 2.43. The minimum absolute atomic E-state index is 0.472. The topological polar surface area (TPSA) is 33.1 Å². The van der Waals surface area contributed by atoms with Gasteiger partial charge in [0, 0.05) is 4.88 Å². The Labute approximate surface area is 90.9 Å². The summed E-state index contributed by atoms with van der Waals surface area (Å²) in [7, 11) is 0. The van der Waals surface area contributed by atoms with Crippen LogP contribution in [0.15, 0.2) is 17.5 Å². The van der Waals surface area contributed by atoms with Gasteiger partial charge in [-0.2, -0.15) is 0 Å². The van der Waals surface area contributed by atoms with Gasteiger partial charge in [0.25, 0.3) is 0 Å². The fourth-order valence-corrected chi connectivity index (χ4v) is 3.10. The molecule has 2 aromatic rings. The van der Waals surface area contributed by atoms with E-state index in [9.17, 15) is 5.11 Å². The van der Waals surface area contributed by atoms with E-state index in [2.05, 4.69) is 11.1 Å². The monoisotopic (exact) mass is 225 g/mol. The van der Waals surface area contributed by atoms with Crippen LogP contribution in [0.3, 0.4) is 0 Å². The second-order valence-electron chi connectivity index (χ2n) is 3.11. The van der Waals surface area contributed by atoms with Crippen LogP contribution in [0, 0.1) is 6.92 Å². The summed E-state index contributed by atoms with van der Waals surface area (Å²) in [5.74, 6) is 0. The number of rotatable bonds is 2. The number of aliphatic hydroxyl groups is 1. The Morgan fingerprint density at radius 1 is 1.50 bits per heavy atom. The zero-order valence-corrected chi connectivity index (χ0v) is 9.65. The molecule has 0 bridgehead atoms. The van der Waals surface area contributed by atoms with Crippen LogP contribution in [0.4, 0.5) is 0 Å². The molecular weight excluding hydrogens is 214 g/mol. The molecule has 1 atom stereocenters. The van der Waals surface area contributed by atoms with Crippen LogP contribution < -0.4 is 0 Å². The third-order valence-electron chi connectivity index (χ3n) is 1.96. The van der Waals surface area contributed by atoms with Crippen LogP contribution in [-0.2, 0) is 0 Å². The summed E-state index contributed by atoms with van der Waals surface area (Å²) < 4.78 is 0. The molecule has 74 valence electrons. The van der Waals surface area contributed by atoms with Crippen LogP contribution >= 0.6 is 22.7 Å². The van der Waals surface area contributed by atoms with E-state index >= 15 is 0 Å². The zero-order chi connectivity index (χ0) is 10.1. The van der Waals surface area contributed by atoms with E-state index in [1.165, 1.54) is 4.88 Å². The number of hydrogen-bond donors (Lipinski definition) is 1. The minimum Gasteiger partial charge on any atom is -0.387 e. The molecule has 0 saturated heterocycles. The molecule has 0 radical (unpaired) electrons. The van der Waals surface area contributed by atoms with Crippen molar-refractivity contribution in [1.82, 2.24) is 4.98 Å². The highest BCUT2D eigenvalue weighted by atomic mass is 32.1. The first-order valence-corrected chi connectivity index (χ1v) is 6.07. The quantitative estimate of drug-likeness (QED) is 0.851. The smallest absolute Gasteiger partial charge is 0.134 e. The Morgan fingerprint density at radius 3 is 2.79 bits per heavy atom. The molecule has 2 heterocycles. The van der Waals surface area contributed by atoms with Crippen molar-refractivity contribution in [3.8, 4) is 9.88 Å². The highest BCUT2D eigenvalue weighted by Crippen LogP contribution is 2.32. The van der Waals surface area contributed by atoms with Crippen molar-refractivity contribution >= 4 is 22.7 Å². The summed E-state index contributed by atoms with van der Waals surface area (Å²) in [6, 6.07) is 4.06. The van der Waals surface area contributed by atoms with Gasteiger partial charge in [0.05, 0.1) is 16.7 Å². The number of nitrogens with zero attached hydrogens (tertiary/aromatic N) is 1. The maximum atomic E-state index is 9.46. The number of aryl methyl sites for hydroxylation is 1. The zero-order valence-electron chi connectivity index (χ0n) is 8.02. The second-order valence-corrected chi connectivity index (χ2v) is 5.26. The van der Waals surface area contributed by atoms with Gasteiger partial charge in [-0.25, -0.2) is 4.98 Å². The van der Waals surface area contributed by atoms with Crippen LogP contribution in [0.2, 0.25) is 0 Å². The summed E-state index contributed by atoms with van der Waals surface area (Å²) in [6.45, 7) is 3.75. The number of aromatic nitrogens is 1. The van der Waals surface area contributed by atoms with Crippen LogP contribution in [0.25, 0.3) is 9.88 Å². The molecule has 14 heavy (non-hydrogen) atoms. The van der Waals surface area contributed by atoms with Crippen molar-refractivity contribution in [3.63, 3.8) is 0 Å². The molecule has 4 heteroatoms. The molecule has 0 aliphatic heterocycles. The average molecular weight is 225 g/mol. The van der Waals surface area contributed by atoms with Crippen molar-refractivity contribution in [1.29, 1.82) is 0 Å². The Hall–Kier alpha value is -0.710. The molecule has 2 aromatic heterocycles. The van der Waals surface area contributed by atoms with Gasteiger partial charge in [-0.05, 0) is 25.3 Å². The molecule has 0 saturated carbocycles. The van der Waals surface area contributed by atoms with Gasteiger partial charge in [-0.3, -0.25) is 0 Å². The highest BCUT2D eigenvalue weighted by molar-refractivity contribution is 7.21. The predicted octanol–water partition coefficient (Wildman–Crippen LogP) is 3.23. The first kappa shape index (κ1) is 9.83. The van der Waals surface area contributed by atoms with E-state index in [1.54, 1.807) is 29.6 Å². The minimum atomic E-state index is -0.472. The number of thiophene rings is 1. The molecule has 0 amide bonds. The first-order valence-electron chi connectivity index (χ1n) is 4.37. The van der Waals surface area contributed by atoms with E-state index in [1.807, 2.05) is 18.4 Å². The fourth-order valence-electron chi connectivity index (χ4n) is 1.30. The summed E-state index contributed by atoms with van der Waals surface area (Å²) in [6.07, 6.45) is -0.472. The highest BCUT2D eigenvalue weighted by Gasteiger charge is 2.13. The van der Waals surface area contributed by atoms with E-state index in [-0.39, 0.29) is 0 Å². The molecule has 0 spiro atoms. The van der Waals surface area contributed by atoms with Crippen molar-refractivity contribution in [3.05, 3.63) is 28.1 Å². The van der Waals surface area contributed by atoms with E-state index in [4.69, 9.17) is 0 Å². The maximum absolute atomic E-state index is 9.46. The summed E-state index contributed by atoms with van der Waals surface area (Å²) in [5, 5.41) is 12.5. The molecule has 0 aliphatic rings. The van der Waals surface area contributed by atoms with Gasteiger partial charge in [0.15, 0.2) is 0 Å². The van der Waals surface area contributed by atoms with Crippen molar-refractivity contribution in [2.45, 2.75) is 20.0 Å². The van der Waals surface area contributed by atoms with Crippen molar-refractivity contribution < 1.29 is 5.11 Å². The lowest BCUT2D eigenvalue weighted by Gasteiger charge is -1.98. The Morgan fingerprint density at radius 2 is 2.29 bits per heavy atom. The number of aliphatic hydroxyl groups excluding tert-OH is 1. The van der Waals surface area contributed by atoms with Gasteiger partial charge in [-0.15, -0.1) is 22.7 Å². The fraction of sp³-hybridized carbons (Fsp3) is 0.300. The van der Waals surface area contributed by atoms with Crippen molar-refractivity contribution in [2.24, 2.45) is 0 Å². The lowest BCUT2D eigenvalue weighted by atomic mass is 10.2. The third-order valence-corrected chi connectivity index (χ3v) is 3.99. The van der Waals surface area contributed by atoms with Crippen molar-refractivity contribution in [2.75, 3.05) is 0 Å². The predicted molar refractivity (Wildman–Crippen MR) is 60.8 cm³/mol. The third kappa shape index (κ3) is 1.73. The van der Waals surface area contributed by atoms with Gasteiger partial charge >= 0.3 is 0 Å². The Bertz CT molecular complexity index is 417. The van der Waals surface area contributed by atoms with Crippen LogP contribution in [0.5, 0.6) is 0 Å². The normalized spacial score (nSPS) is 13.1. The SMILES string of the molecule is Cc1sc(-c2cccs2)nc1C(C)O. The first-order chi connectivity index (χ1) is 6.68. The molecule has 0 aliphatic carbocycles. The summed E-state index contributed by atoms with van der Waals surface area (Å²) in [5.41, 5.74) is 0.804. The molecular formula is C10H11NOS2. The molecule has 0 fully saturated rings. The summed E-state index contributed by atoms with van der Waals surface area (Å²) in [4.78, 5) is 6.70. The average Bonchev–Trinajstić information content (AvgIpc) is 2.70. The number of thiazole rings is 1. The number of hydrogen-bond acceptors (Lipinski definition) is 4.